The third-order valence-electron chi connectivity index (χ3n) is 6.10. The molecule has 1 aliphatic heterocycles. The summed E-state index contributed by atoms with van der Waals surface area (Å²) in [4.78, 5) is 7.97. The Balaban J connectivity index is 1.87. The van der Waals surface area contributed by atoms with Crippen LogP contribution in [0.3, 0.4) is 0 Å². The molecule has 8 heteroatoms. The maximum atomic E-state index is 12.5. The molecule has 0 fully saturated rings. The number of hydrogen-bond donors (Lipinski definition) is 3. The van der Waals surface area contributed by atoms with Crippen LogP contribution in [0.1, 0.15) is 43.0 Å². The number of nitrogens with one attached hydrogen (secondary N) is 3. The summed E-state index contributed by atoms with van der Waals surface area (Å²) in [5.74, 6) is 0.0855. The molecule has 0 radical (unpaired) electrons. The molecule has 0 amide bonds. The van der Waals surface area contributed by atoms with Gasteiger partial charge < -0.3 is 19.5 Å². The predicted octanol–water partition coefficient (Wildman–Crippen LogP) is 3.78. The zero-order valence-electron chi connectivity index (χ0n) is 21.7. The fraction of sp³-hybridized carbons (Fsp3) is 0.407. The van der Waals surface area contributed by atoms with Crippen molar-refractivity contribution in [2.45, 2.75) is 50.6 Å². The molecule has 7 nitrogen and oxygen atoms in total. The molecule has 3 rings (SSSR count). The second-order valence-electron chi connectivity index (χ2n) is 9.05. The Morgan fingerprint density at radius 2 is 1.86 bits per heavy atom. The van der Waals surface area contributed by atoms with Crippen LogP contribution < -0.4 is 10.6 Å². The van der Waals surface area contributed by atoms with Crippen LogP contribution in [-0.4, -0.2) is 60.2 Å². The van der Waals surface area contributed by atoms with Gasteiger partial charge >= 0.3 is 0 Å². The van der Waals surface area contributed by atoms with Crippen molar-refractivity contribution in [1.29, 1.82) is 5.41 Å². The minimum absolute atomic E-state index is 0.0685. The fourth-order valence-electron chi connectivity index (χ4n) is 3.97. The van der Waals surface area contributed by atoms with E-state index in [1.54, 1.807) is 7.05 Å². The standard InChI is InChI=1S/C27H37N5O2S/c1-17(2)35(33)22-12-13-23(18(3)14-22)24-16-32(7)19(4)25(31-24)27(30-6)34-26(28)21-10-8-20(9-11-21)15-29-5/h8-14,17,27-30H,15-16H2,1-7H3. The first-order valence-electron chi connectivity index (χ1n) is 11.8. The van der Waals surface area contributed by atoms with Crippen LogP contribution in [0.2, 0.25) is 0 Å². The average molecular weight is 496 g/mol. The SMILES string of the molecule is CNCc1ccc(C(=N)OC(NC)C2=C(C)N(C)CC(c3ccc([S+]([O-])C(C)C)cc3C)=N2)cc1. The monoisotopic (exact) mass is 495 g/mol. The van der Waals surface area contributed by atoms with Crippen LogP contribution in [0.25, 0.3) is 0 Å². The van der Waals surface area contributed by atoms with Crippen molar-refractivity contribution in [2.75, 3.05) is 27.7 Å². The lowest BCUT2D eigenvalue weighted by molar-refractivity contribution is 0.188. The van der Waals surface area contributed by atoms with Crippen molar-refractivity contribution in [3.8, 4) is 0 Å². The van der Waals surface area contributed by atoms with Gasteiger partial charge in [-0.15, -0.1) is 0 Å². The highest BCUT2D eigenvalue weighted by Gasteiger charge is 2.27. The van der Waals surface area contributed by atoms with E-state index in [2.05, 4.69) is 15.5 Å². The number of likely N-dealkylation sites (N-methyl/N-ethyl adjacent to an activating group) is 2. The van der Waals surface area contributed by atoms with E-state index in [0.29, 0.717) is 12.1 Å². The molecule has 2 unspecified atom stereocenters. The predicted molar refractivity (Wildman–Crippen MR) is 145 cm³/mol. The summed E-state index contributed by atoms with van der Waals surface area (Å²) in [5, 5.41) is 14.9. The van der Waals surface area contributed by atoms with Crippen LogP contribution in [0.5, 0.6) is 0 Å². The maximum Gasteiger partial charge on any atom is 0.215 e. The molecule has 0 saturated carbocycles. The molecule has 2 atom stereocenters. The molecular weight excluding hydrogens is 458 g/mol. The number of ether oxygens (including phenoxy) is 1. The van der Waals surface area contributed by atoms with Gasteiger partial charge in [0.15, 0.2) is 11.1 Å². The van der Waals surface area contributed by atoms with Gasteiger partial charge in [0.2, 0.25) is 5.90 Å². The Kier molecular flexibility index (Phi) is 9.13. The van der Waals surface area contributed by atoms with Gasteiger partial charge in [0.05, 0.1) is 12.3 Å². The van der Waals surface area contributed by atoms with E-state index in [0.717, 1.165) is 45.2 Å². The summed E-state index contributed by atoms with van der Waals surface area (Å²) in [6.07, 6.45) is -0.578. The van der Waals surface area contributed by atoms with Crippen molar-refractivity contribution in [2.24, 2.45) is 4.99 Å². The first kappa shape index (κ1) is 26.9. The largest absolute Gasteiger partial charge is 0.611 e. The number of aliphatic imine (C=N–C) groups is 1. The quantitative estimate of drug-likeness (QED) is 0.213. The number of rotatable bonds is 9. The van der Waals surface area contributed by atoms with Gasteiger partial charge in [0, 0.05) is 30.4 Å². The molecule has 2 aromatic rings. The second kappa shape index (κ2) is 11.9. The zero-order valence-corrected chi connectivity index (χ0v) is 22.5. The molecule has 1 heterocycles. The lowest BCUT2D eigenvalue weighted by Gasteiger charge is -2.31. The number of allylic oxidation sites excluding steroid dienone is 1. The number of benzene rings is 2. The molecule has 0 aliphatic carbocycles. The van der Waals surface area contributed by atoms with Gasteiger partial charge in [0.25, 0.3) is 0 Å². The average Bonchev–Trinajstić information content (AvgIpc) is 2.84. The Hall–Kier alpha value is -2.65. The normalized spacial score (nSPS) is 15.8. The third kappa shape index (κ3) is 6.32. The minimum Gasteiger partial charge on any atom is -0.611 e. The lowest BCUT2D eigenvalue weighted by Crippen LogP contribution is -2.39. The Bertz CT molecular complexity index is 1110. The van der Waals surface area contributed by atoms with Crippen molar-refractivity contribution in [1.82, 2.24) is 15.5 Å². The molecule has 35 heavy (non-hydrogen) atoms. The topological polar surface area (TPSA) is 95.8 Å². The molecule has 0 saturated heterocycles. The first-order chi connectivity index (χ1) is 16.7. The van der Waals surface area contributed by atoms with E-state index in [1.165, 1.54) is 0 Å². The summed E-state index contributed by atoms with van der Waals surface area (Å²) >= 11 is -1.03. The van der Waals surface area contributed by atoms with E-state index in [9.17, 15) is 4.55 Å². The molecular formula is C27H37N5O2S. The maximum absolute atomic E-state index is 12.5. The van der Waals surface area contributed by atoms with Crippen LogP contribution in [-0.2, 0) is 22.5 Å². The molecule has 188 valence electrons. The molecule has 0 spiro atoms. The van der Waals surface area contributed by atoms with Crippen LogP contribution in [0.15, 0.2) is 63.7 Å². The highest BCUT2D eigenvalue weighted by atomic mass is 32.2. The van der Waals surface area contributed by atoms with Crippen LogP contribution in [0, 0.1) is 12.3 Å². The zero-order chi connectivity index (χ0) is 25.7. The summed E-state index contributed by atoms with van der Waals surface area (Å²) < 4.78 is 18.6. The summed E-state index contributed by atoms with van der Waals surface area (Å²) in [6.45, 7) is 9.41. The Morgan fingerprint density at radius 1 is 1.17 bits per heavy atom. The van der Waals surface area contributed by atoms with E-state index in [4.69, 9.17) is 15.1 Å². The second-order valence-corrected chi connectivity index (χ2v) is 11.1. The van der Waals surface area contributed by atoms with Gasteiger partial charge in [-0.25, -0.2) is 4.99 Å². The molecule has 3 N–H and O–H groups in total. The Morgan fingerprint density at radius 3 is 2.43 bits per heavy atom. The van der Waals surface area contributed by atoms with Crippen molar-refractivity contribution >= 4 is 22.8 Å². The Labute approximate surface area is 212 Å². The molecule has 0 bridgehead atoms. The van der Waals surface area contributed by atoms with Crippen LogP contribution >= 0.6 is 0 Å². The molecule has 2 aromatic carbocycles. The summed E-state index contributed by atoms with van der Waals surface area (Å²) in [7, 11) is 5.74. The highest BCUT2D eigenvalue weighted by molar-refractivity contribution is 7.92. The lowest BCUT2D eigenvalue weighted by atomic mass is 10.0. The number of nitrogens with zero attached hydrogens (tertiary/aromatic N) is 2. The van der Waals surface area contributed by atoms with Crippen LogP contribution in [0.4, 0.5) is 0 Å². The first-order valence-corrected chi connectivity index (χ1v) is 13.0. The van der Waals surface area contributed by atoms with Gasteiger partial charge in [0.1, 0.15) is 10.9 Å². The molecule has 0 aromatic heterocycles. The van der Waals surface area contributed by atoms with E-state index in [-0.39, 0.29) is 11.1 Å². The van der Waals surface area contributed by atoms with Gasteiger partial charge in [-0.2, -0.15) is 0 Å². The van der Waals surface area contributed by atoms with Crippen molar-refractivity contribution in [3.05, 3.63) is 76.1 Å². The van der Waals surface area contributed by atoms with Gasteiger partial charge in [-0.1, -0.05) is 12.1 Å². The minimum atomic E-state index is -1.03. The van der Waals surface area contributed by atoms with Crippen molar-refractivity contribution < 1.29 is 9.29 Å². The van der Waals surface area contributed by atoms with Gasteiger partial charge in [-0.3, -0.25) is 10.7 Å². The third-order valence-corrected chi connectivity index (χ3v) is 7.67. The number of aryl methyl sites for hydroxylation is 1. The van der Waals surface area contributed by atoms with E-state index >= 15 is 0 Å². The van der Waals surface area contributed by atoms with E-state index in [1.807, 2.05) is 84.3 Å². The van der Waals surface area contributed by atoms with E-state index < -0.39 is 17.4 Å². The fourth-order valence-corrected chi connectivity index (χ4v) is 5.01. The van der Waals surface area contributed by atoms with Crippen molar-refractivity contribution in [3.63, 3.8) is 0 Å². The highest BCUT2D eigenvalue weighted by Crippen LogP contribution is 2.26. The number of hydrogen-bond acceptors (Lipinski definition) is 7. The van der Waals surface area contributed by atoms with Gasteiger partial charge in [-0.05, 0) is 94.4 Å². The summed E-state index contributed by atoms with van der Waals surface area (Å²) in [5.41, 5.74) is 6.56. The smallest absolute Gasteiger partial charge is 0.215 e. The summed E-state index contributed by atoms with van der Waals surface area (Å²) in [6, 6.07) is 13.7. The molecule has 1 aliphatic rings.